The molecule has 1 aliphatic rings. The van der Waals surface area contributed by atoms with Crippen molar-refractivity contribution in [3.8, 4) is 5.75 Å². The van der Waals surface area contributed by atoms with Gasteiger partial charge < -0.3 is 14.8 Å². The van der Waals surface area contributed by atoms with E-state index in [2.05, 4.69) is 5.32 Å². The quantitative estimate of drug-likeness (QED) is 0.834. The minimum absolute atomic E-state index is 0.171. The number of halogens is 1. The van der Waals surface area contributed by atoms with Crippen LogP contribution < -0.4 is 10.1 Å². The van der Waals surface area contributed by atoms with Gasteiger partial charge in [0, 0.05) is 5.56 Å². The Morgan fingerprint density at radius 3 is 2.81 bits per heavy atom. The van der Waals surface area contributed by atoms with E-state index in [0.29, 0.717) is 12.1 Å². The van der Waals surface area contributed by atoms with Crippen molar-refractivity contribution in [2.24, 2.45) is 0 Å². The number of rotatable bonds is 2. The number of hydrogen-bond acceptors (Lipinski definition) is 3. The van der Waals surface area contributed by atoms with Crippen LogP contribution in [0.25, 0.3) is 0 Å². The summed E-state index contributed by atoms with van der Waals surface area (Å²) in [5, 5.41) is 2.54. The van der Waals surface area contributed by atoms with E-state index in [9.17, 15) is 9.18 Å². The van der Waals surface area contributed by atoms with Crippen molar-refractivity contribution in [2.45, 2.75) is 12.5 Å². The standard InChI is InChI=1S/C11H12FNO3/c1-11(6-13-10(14)16-11)7-3-4-9(15-2)8(12)5-7/h3-5H,6H2,1-2H3,(H,13,14). The Bertz CT molecular complexity index is 435. The van der Waals surface area contributed by atoms with E-state index < -0.39 is 17.5 Å². The summed E-state index contributed by atoms with van der Waals surface area (Å²) in [5.74, 6) is -0.297. The van der Waals surface area contributed by atoms with Gasteiger partial charge in [-0.3, -0.25) is 0 Å². The molecule has 1 unspecified atom stereocenters. The molecule has 4 nitrogen and oxygen atoms in total. The first-order valence-electron chi connectivity index (χ1n) is 4.86. The summed E-state index contributed by atoms with van der Waals surface area (Å²) in [7, 11) is 1.40. The molecule has 0 radical (unpaired) electrons. The van der Waals surface area contributed by atoms with Crippen LogP contribution in [0.1, 0.15) is 12.5 Å². The highest BCUT2D eigenvalue weighted by Crippen LogP contribution is 2.31. The summed E-state index contributed by atoms with van der Waals surface area (Å²) >= 11 is 0. The summed E-state index contributed by atoms with van der Waals surface area (Å²) in [6.07, 6.45) is -0.487. The molecule has 1 aromatic carbocycles. The van der Waals surface area contributed by atoms with Crippen molar-refractivity contribution >= 4 is 6.09 Å². The number of carbonyl (C=O) groups is 1. The molecule has 0 aromatic heterocycles. The van der Waals surface area contributed by atoms with E-state index in [1.807, 2.05) is 0 Å². The van der Waals surface area contributed by atoms with Crippen LogP contribution in [0.15, 0.2) is 18.2 Å². The van der Waals surface area contributed by atoms with Crippen LogP contribution in [-0.4, -0.2) is 19.7 Å². The molecule has 0 saturated carbocycles. The van der Waals surface area contributed by atoms with Crippen LogP contribution in [0, 0.1) is 5.82 Å². The van der Waals surface area contributed by atoms with E-state index in [1.165, 1.54) is 19.2 Å². The van der Waals surface area contributed by atoms with E-state index in [1.54, 1.807) is 13.0 Å². The molecule has 5 heteroatoms. The third-order valence-electron chi connectivity index (χ3n) is 2.65. The third kappa shape index (κ3) is 1.68. The van der Waals surface area contributed by atoms with Gasteiger partial charge in [0.15, 0.2) is 17.2 Å². The fraction of sp³-hybridized carbons (Fsp3) is 0.364. The molecule has 1 saturated heterocycles. The molecule has 1 amide bonds. The molecule has 0 aliphatic carbocycles. The van der Waals surface area contributed by atoms with Gasteiger partial charge in [-0.1, -0.05) is 6.07 Å². The molecule has 1 aliphatic heterocycles. The highest BCUT2D eigenvalue weighted by molar-refractivity contribution is 5.70. The van der Waals surface area contributed by atoms with Gasteiger partial charge in [-0.2, -0.15) is 0 Å². The second-order valence-electron chi connectivity index (χ2n) is 3.82. The molecular formula is C11H12FNO3. The number of methoxy groups -OCH3 is 1. The maximum atomic E-state index is 13.5. The van der Waals surface area contributed by atoms with Crippen molar-refractivity contribution in [3.05, 3.63) is 29.6 Å². The van der Waals surface area contributed by atoms with Crippen LogP contribution in [0.4, 0.5) is 9.18 Å². The summed E-state index contributed by atoms with van der Waals surface area (Å²) < 4.78 is 23.4. The molecule has 0 spiro atoms. The first-order valence-corrected chi connectivity index (χ1v) is 4.86. The normalized spacial score (nSPS) is 23.8. The van der Waals surface area contributed by atoms with Crippen LogP contribution in [-0.2, 0) is 10.3 Å². The summed E-state index contributed by atoms with van der Waals surface area (Å²) in [4.78, 5) is 11.0. The number of alkyl carbamates (subject to hydrolysis) is 1. The minimum Gasteiger partial charge on any atom is -0.494 e. The lowest BCUT2D eigenvalue weighted by atomic mass is 9.96. The van der Waals surface area contributed by atoms with E-state index in [4.69, 9.17) is 9.47 Å². The maximum absolute atomic E-state index is 13.5. The number of benzene rings is 1. The van der Waals surface area contributed by atoms with Gasteiger partial charge in [0.1, 0.15) is 0 Å². The van der Waals surface area contributed by atoms with Crippen LogP contribution >= 0.6 is 0 Å². The molecule has 2 rings (SSSR count). The first kappa shape index (κ1) is 10.7. The highest BCUT2D eigenvalue weighted by Gasteiger charge is 2.37. The Balaban J connectivity index is 2.34. The zero-order valence-electron chi connectivity index (χ0n) is 9.04. The average Bonchev–Trinajstić information content (AvgIpc) is 2.60. The SMILES string of the molecule is COc1ccc(C2(C)CNC(=O)O2)cc1F. The zero-order valence-corrected chi connectivity index (χ0v) is 9.04. The van der Waals surface area contributed by atoms with Crippen LogP contribution in [0.2, 0.25) is 0 Å². The molecule has 1 atom stereocenters. The van der Waals surface area contributed by atoms with Gasteiger partial charge in [-0.25, -0.2) is 9.18 Å². The van der Waals surface area contributed by atoms with Crippen molar-refractivity contribution in [2.75, 3.05) is 13.7 Å². The minimum atomic E-state index is -0.815. The second kappa shape index (κ2) is 3.66. The number of carbonyl (C=O) groups excluding carboxylic acids is 1. The fourth-order valence-corrected chi connectivity index (χ4v) is 1.67. The van der Waals surface area contributed by atoms with Crippen LogP contribution in [0.3, 0.4) is 0 Å². The second-order valence-corrected chi connectivity index (χ2v) is 3.82. The van der Waals surface area contributed by atoms with Gasteiger partial charge in [0.25, 0.3) is 0 Å². The predicted octanol–water partition coefficient (Wildman–Crippen LogP) is 1.79. The van der Waals surface area contributed by atoms with Gasteiger partial charge in [0.05, 0.1) is 13.7 Å². The van der Waals surface area contributed by atoms with Gasteiger partial charge in [-0.05, 0) is 19.1 Å². The van der Waals surface area contributed by atoms with Crippen molar-refractivity contribution < 1.29 is 18.7 Å². The van der Waals surface area contributed by atoms with Gasteiger partial charge in [-0.15, -0.1) is 0 Å². The van der Waals surface area contributed by atoms with Crippen LogP contribution in [0.5, 0.6) is 5.75 Å². The smallest absolute Gasteiger partial charge is 0.408 e. The fourth-order valence-electron chi connectivity index (χ4n) is 1.67. The Morgan fingerprint density at radius 1 is 1.56 bits per heavy atom. The Kier molecular flexibility index (Phi) is 2.46. The maximum Gasteiger partial charge on any atom is 0.408 e. The van der Waals surface area contributed by atoms with E-state index in [-0.39, 0.29) is 5.75 Å². The molecule has 0 bridgehead atoms. The van der Waals surface area contributed by atoms with E-state index in [0.717, 1.165) is 0 Å². The average molecular weight is 225 g/mol. The van der Waals surface area contributed by atoms with E-state index >= 15 is 0 Å². The number of amides is 1. The molecule has 1 fully saturated rings. The summed E-state index contributed by atoms with van der Waals surface area (Å²) in [5.41, 5.74) is -0.214. The largest absolute Gasteiger partial charge is 0.494 e. The Labute approximate surface area is 92.4 Å². The van der Waals surface area contributed by atoms with Crippen molar-refractivity contribution in [3.63, 3.8) is 0 Å². The Morgan fingerprint density at radius 2 is 2.31 bits per heavy atom. The first-order chi connectivity index (χ1) is 7.55. The highest BCUT2D eigenvalue weighted by atomic mass is 19.1. The lowest BCUT2D eigenvalue weighted by Crippen LogP contribution is -2.26. The third-order valence-corrected chi connectivity index (χ3v) is 2.65. The summed E-state index contributed by atoms with van der Waals surface area (Å²) in [6.45, 7) is 2.06. The van der Waals surface area contributed by atoms with Crippen molar-refractivity contribution in [1.82, 2.24) is 5.32 Å². The number of hydrogen-bond donors (Lipinski definition) is 1. The van der Waals surface area contributed by atoms with Gasteiger partial charge >= 0.3 is 6.09 Å². The molecule has 16 heavy (non-hydrogen) atoms. The zero-order chi connectivity index (χ0) is 11.8. The summed E-state index contributed by atoms with van der Waals surface area (Å²) in [6, 6.07) is 4.52. The lowest BCUT2D eigenvalue weighted by molar-refractivity contribution is 0.0701. The van der Waals surface area contributed by atoms with Gasteiger partial charge in [0.2, 0.25) is 0 Å². The predicted molar refractivity (Wildman–Crippen MR) is 54.8 cm³/mol. The number of ether oxygens (including phenoxy) is 2. The topological polar surface area (TPSA) is 47.6 Å². The monoisotopic (exact) mass is 225 g/mol. The molecular weight excluding hydrogens is 213 g/mol. The molecule has 1 N–H and O–H groups in total. The lowest BCUT2D eigenvalue weighted by Gasteiger charge is -2.21. The molecule has 86 valence electrons. The Hall–Kier alpha value is -1.78. The molecule has 1 heterocycles. The number of nitrogens with one attached hydrogen (secondary N) is 1. The van der Waals surface area contributed by atoms with Crippen molar-refractivity contribution in [1.29, 1.82) is 0 Å². The number of cyclic esters (lactones) is 1. The molecule has 1 aromatic rings.